The zero-order chi connectivity index (χ0) is 15.7. The molecule has 114 valence electrons. The Labute approximate surface area is 129 Å². The lowest BCUT2D eigenvalue weighted by Gasteiger charge is -2.05. The molecule has 3 heterocycles. The van der Waals surface area contributed by atoms with E-state index in [9.17, 15) is 0 Å². The first kappa shape index (κ1) is 14.3. The maximum Gasteiger partial charge on any atom is 0.160 e. The number of nitrogens with zero attached hydrogens (tertiary/aromatic N) is 4. The number of nitrogens with two attached hydrogens (primary N) is 2. The van der Waals surface area contributed by atoms with Gasteiger partial charge in [0.2, 0.25) is 0 Å². The van der Waals surface area contributed by atoms with Crippen LogP contribution in [0.15, 0.2) is 24.3 Å². The first-order valence-corrected chi connectivity index (χ1v) is 7.44. The van der Waals surface area contributed by atoms with Gasteiger partial charge in [0.15, 0.2) is 5.65 Å². The molecule has 0 unspecified atom stereocenters. The number of rotatable bonds is 4. The van der Waals surface area contributed by atoms with Crippen LogP contribution in [-0.2, 0) is 13.5 Å². The maximum absolute atomic E-state index is 5.76. The third-order valence-corrected chi connectivity index (χ3v) is 3.72. The van der Waals surface area contributed by atoms with Gasteiger partial charge in [-0.1, -0.05) is 13.3 Å². The van der Waals surface area contributed by atoms with Crippen LogP contribution in [0.5, 0.6) is 0 Å². The van der Waals surface area contributed by atoms with Crippen molar-refractivity contribution in [1.82, 2.24) is 19.5 Å². The predicted octanol–water partition coefficient (Wildman–Crippen LogP) is 2.54. The molecule has 0 saturated heterocycles. The molecule has 6 heteroatoms. The second-order valence-electron chi connectivity index (χ2n) is 5.44. The van der Waals surface area contributed by atoms with Gasteiger partial charge in [-0.25, -0.2) is 15.0 Å². The summed E-state index contributed by atoms with van der Waals surface area (Å²) in [5, 5.41) is 0. The summed E-state index contributed by atoms with van der Waals surface area (Å²) < 4.78 is 2.06. The van der Waals surface area contributed by atoms with Gasteiger partial charge in [-0.15, -0.1) is 0 Å². The minimum absolute atomic E-state index is 0.394. The average Bonchev–Trinajstić information content (AvgIpc) is 2.80. The smallest absolute Gasteiger partial charge is 0.160 e. The molecule has 0 atom stereocenters. The summed E-state index contributed by atoms with van der Waals surface area (Å²) in [6.07, 6.45) is 3.24. The first-order valence-electron chi connectivity index (χ1n) is 7.44. The van der Waals surface area contributed by atoms with Crippen LogP contribution < -0.4 is 11.5 Å². The van der Waals surface area contributed by atoms with Crippen molar-refractivity contribution >= 4 is 22.8 Å². The highest BCUT2D eigenvalue weighted by Gasteiger charge is 2.11. The Morgan fingerprint density at radius 3 is 2.45 bits per heavy atom. The van der Waals surface area contributed by atoms with Crippen LogP contribution in [0, 0.1) is 0 Å². The SMILES string of the molecule is CCCCc1nc2ccc(-c3cc(N)nc(N)c3)nc2n1C. The van der Waals surface area contributed by atoms with E-state index >= 15 is 0 Å². The number of imidazole rings is 1. The molecule has 0 aliphatic carbocycles. The molecule has 6 nitrogen and oxygen atoms in total. The fraction of sp³-hybridized carbons (Fsp3) is 0.312. The quantitative estimate of drug-likeness (QED) is 0.771. The third kappa shape index (κ3) is 2.59. The summed E-state index contributed by atoms with van der Waals surface area (Å²) in [6, 6.07) is 7.48. The molecule has 3 aromatic rings. The Balaban J connectivity index is 2.07. The Morgan fingerprint density at radius 1 is 1.05 bits per heavy atom. The number of nitrogen functional groups attached to an aromatic ring is 2. The van der Waals surface area contributed by atoms with Gasteiger partial charge in [0.05, 0.1) is 5.69 Å². The Kier molecular flexibility index (Phi) is 3.66. The summed E-state index contributed by atoms with van der Waals surface area (Å²) in [7, 11) is 2.01. The fourth-order valence-corrected chi connectivity index (χ4v) is 2.55. The number of unbranched alkanes of at least 4 members (excludes halogenated alkanes) is 1. The summed E-state index contributed by atoms with van der Waals surface area (Å²) in [5.74, 6) is 1.85. The average molecular weight is 296 g/mol. The molecule has 0 aliphatic rings. The maximum atomic E-state index is 5.76. The van der Waals surface area contributed by atoms with E-state index < -0.39 is 0 Å². The molecule has 0 fully saturated rings. The van der Waals surface area contributed by atoms with Crippen LogP contribution >= 0.6 is 0 Å². The first-order chi connectivity index (χ1) is 10.6. The molecule has 0 aromatic carbocycles. The number of fused-ring (bicyclic) bond motifs is 1. The van der Waals surface area contributed by atoms with Gasteiger partial charge in [-0.05, 0) is 30.7 Å². The minimum Gasteiger partial charge on any atom is -0.384 e. The molecule has 4 N–H and O–H groups in total. The van der Waals surface area contributed by atoms with Gasteiger partial charge in [-0.2, -0.15) is 0 Å². The van der Waals surface area contributed by atoms with E-state index in [2.05, 4.69) is 21.5 Å². The molecule has 0 radical (unpaired) electrons. The highest BCUT2D eigenvalue weighted by molar-refractivity contribution is 5.77. The van der Waals surface area contributed by atoms with Gasteiger partial charge in [-0.3, -0.25) is 0 Å². The summed E-state index contributed by atoms with van der Waals surface area (Å²) >= 11 is 0. The molecule has 0 spiro atoms. The number of anilines is 2. The number of aromatic nitrogens is 4. The normalized spacial score (nSPS) is 11.2. The summed E-state index contributed by atoms with van der Waals surface area (Å²) in [4.78, 5) is 13.4. The molecule has 3 aromatic heterocycles. The van der Waals surface area contributed by atoms with Crippen LogP contribution in [0.1, 0.15) is 25.6 Å². The lowest BCUT2D eigenvalue weighted by molar-refractivity contribution is 0.718. The van der Waals surface area contributed by atoms with Crippen molar-refractivity contribution in [3.8, 4) is 11.3 Å². The van der Waals surface area contributed by atoms with Gasteiger partial charge < -0.3 is 16.0 Å². The van der Waals surface area contributed by atoms with Crippen LogP contribution in [0.25, 0.3) is 22.4 Å². The standard InChI is InChI=1S/C16H20N6/c1-3-4-5-15-19-12-7-6-11(20-16(12)22(15)2)10-8-13(17)21-14(18)9-10/h6-9H,3-5H2,1-2H3,(H4,17,18,21). The number of hydrogen-bond donors (Lipinski definition) is 2. The van der Waals surface area contributed by atoms with E-state index in [0.717, 1.165) is 47.5 Å². The number of aryl methyl sites for hydroxylation is 2. The predicted molar refractivity (Wildman–Crippen MR) is 89.2 cm³/mol. The van der Waals surface area contributed by atoms with E-state index in [-0.39, 0.29) is 0 Å². The second kappa shape index (κ2) is 5.63. The van der Waals surface area contributed by atoms with Crippen molar-refractivity contribution < 1.29 is 0 Å². The fourth-order valence-electron chi connectivity index (χ4n) is 2.55. The van der Waals surface area contributed by atoms with Gasteiger partial charge >= 0.3 is 0 Å². The Bertz CT molecular complexity index is 801. The van der Waals surface area contributed by atoms with E-state index in [1.807, 2.05) is 19.2 Å². The van der Waals surface area contributed by atoms with Gasteiger partial charge in [0.25, 0.3) is 0 Å². The number of pyridine rings is 2. The zero-order valence-corrected chi connectivity index (χ0v) is 12.9. The molecular formula is C16H20N6. The van der Waals surface area contributed by atoms with Crippen molar-refractivity contribution in [1.29, 1.82) is 0 Å². The van der Waals surface area contributed by atoms with E-state index in [1.54, 1.807) is 12.1 Å². The lowest BCUT2D eigenvalue weighted by Crippen LogP contribution is -1.99. The molecule has 3 rings (SSSR count). The molecule has 0 amide bonds. The van der Waals surface area contributed by atoms with Crippen LogP contribution in [-0.4, -0.2) is 19.5 Å². The minimum atomic E-state index is 0.394. The largest absolute Gasteiger partial charge is 0.384 e. The lowest BCUT2D eigenvalue weighted by atomic mass is 10.1. The molecule has 0 aliphatic heterocycles. The topological polar surface area (TPSA) is 95.6 Å². The van der Waals surface area contributed by atoms with Crippen LogP contribution in [0.4, 0.5) is 11.6 Å². The molecule has 22 heavy (non-hydrogen) atoms. The monoisotopic (exact) mass is 296 g/mol. The molecular weight excluding hydrogens is 276 g/mol. The summed E-state index contributed by atoms with van der Waals surface area (Å²) in [6.45, 7) is 2.18. The van der Waals surface area contributed by atoms with Crippen LogP contribution in [0.3, 0.4) is 0 Å². The Morgan fingerprint density at radius 2 is 1.77 bits per heavy atom. The molecule has 0 bridgehead atoms. The van der Waals surface area contributed by atoms with Crippen molar-refractivity contribution in [2.75, 3.05) is 11.5 Å². The third-order valence-electron chi connectivity index (χ3n) is 3.72. The highest BCUT2D eigenvalue weighted by Crippen LogP contribution is 2.24. The van der Waals surface area contributed by atoms with Gasteiger partial charge in [0.1, 0.15) is 23.0 Å². The van der Waals surface area contributed by atoms with E-state index in [0.29, 0.717) is 11.6 Å². The van der Waals surface area contributed by atoms with Crippen LogP contribution in [0.2, 0.25) is 0 Å². The molecule has 0 saturated carbocycles. The van der Waals surface area contributed by atoms with Crippen molar-refractivity contribution in [2.45, 2.75) is 26.2 Å². The second-order valence-corrected chi connectivity index (χ2v) is 5.44. The van der Waals surface area contributed by atoms with Crippen molar-refractivity contribution in [2.24, 2.45) is 7.05 Å². The van der Waals surface area contributed by atoms with Crippen molar-refractivity contribution in [3.63, 3.8) is 0 Å². The van der Waals surface area contributed by atoms with Gasteiger partial charge in [0, 0.05) is 19.0 Å². The zero-order valence-electron chi connectivity index (χ0n) is 12.9. The van der Waals surface area contributed by atoms with E-state index in [4.69, 9.17) is 16.5 Å². The Hall–Kier alpha value is -2.63. The summed E-state index contributed by atoms with van der Waals surface area (Å²) in [5.41, 5.74) is 15.0. The van der Waals surface area contributed by atoms with Crippen molar-refractivity contribution in [3.05, 3.63) is 30.1 Å². The number of hydrogen-bond acceptors (Lipinski definition) is 5. The highest BCUT2D eigenvalue weighted by atomic mass is 15.1. The van der Waals surface area contributed by atoms with E-state index in [1.165, 1.54) is 0 Å².